The number of β-amino-alcohol motifs (C(OH)–C–C–N with tert-alkyl or cyclic N) is 1. The van der Waals surface area contributed by atoms with Gasteiger partial charge in [-0.3, -0.25) is 52.5 Å². The summed E-state index contributed by atoms with van der Waals surface area (Å²) in [5.41, 5.74) is 7.93. The number of amides is 9. The van der Waals surface area contributed by atoms with Gasteiger partial charge in [-0.15, -0.1) is 11.3 Å². The van der Waals surface area contributed by atoms with E-state index in [1.807, 2.05) is 52.0 Å². The number of benzene rings is 2. The number of unbranched alkanes of at least 4 members (excludes halogenated alkanes) is 4. The number of thiazole rings is 1. The Kier molecular flexibility index (Phi) is 21.4. The largest absolute Gasteiger partial charge is 0.396 e. The molecule has 454 valence electrons. The summed E-state index contributed by atoms with van der Waals surface area (Å²) in [5.74, 6) is -4.92. The lowest BCUT2D eigenvalue weighted by Gasteiger charge is -2.38. The highest BCUT2D eigenvalue weighted by atomic mass is 32.1. The minimum Gasteiger partial charge on any atom is -0.391 e. The zero-order chi connectivity index (χ0) is 61.2. The van der Waals surface area contributed by atoms with Crippen LogP contribution in [0.4, 0.5) is 0 Å². The molecule has 27 heteroatoms. The predicted octanol–water partition coefficient (Wildman–Crippen LogP) is 2.64. The molecule has 84 heavy (non-hydrogen) atoms. The van der Waals surface area contributed by atoms with Gasteiger partial charge < -0.3 is 66.9 Å². The third-order valence-corrected chi connectivity index (χ3v) is 17.3. The van der Waals surface area contributed by atoms with Crippen LogP contribution in [0.2, 0.25) is 0 Å². The Labute approximate surface area is 490 Å². The van der Waals surface area contributed by atoms with Crippen molar-refractivity contribution in [1.29, 1.82) is 0 Å². The van der Waals surface area contributed by atoms with E-state index in [9.17, 15) is 67.4 Å². The van der Waals surface area contributed by atoms with Gasteiger partial charge in [-0.25, -0.2) is 4.98 Å². The summed E-state index contributed by atoms with van der Waals surface area (Å²) >= 11 is 1.55. The number of likely N-dealkylation sites (tertiary alicyclic amines) is 1. The van der Waals surface area contributed by atoms with Crippen LogP contribution >= 0.6 is 18.9 Å². The maximum atomic E-state index is 14.5. The lowest BCUT2D eigenvalue weighted by atomic mass is 9.85. The highest BCUT2D eigenvalue weighted by molar-refractivity contribution is 7.70. The van der Waals surface area contributed by atoms with Gasteiger partial charge in [-0.05, 0) is 86.3 Å². The molecule has 0 unspecified atom stereocenters. The van der Waals surface area contributed by atoms with Crippen LogP contribution in [-0.4, -0.2) is 167 Å². The number of aliphatic hydroxyl groups excluding tert-OH is 1. The number of carbonyl (C=O) groups excluding carboxylic acids is 10. The molecule has 3 fully saturated rings. The zero-order valence-corrected chi connectivity index (χ0v) is 49.5. The number of rotatable bonds is 24. The molecule has 2 aromatic carbocycles. The van der Waals surface area contributed by atoms with Gasteiger partial charge in [0, 0.05) is 81.4 Å². The van der Waals surface area contributed by atoms with Gasteiger partial charge in [0.2, 0.25) is 47.3 Å². The van der Waals surface area contributed by atoms with Crippen LogP contribution in [-0.2, 0) is 49.5 Å². The number of H-pyrrole nitrogens is 1. The fourth-order valence-electron chi connectivity index (χ4n) is 10.9. The topological polar surface area (TPSA) is 373 Å². The van der Waals surface area contributed by atoms with E-state index < -0.39 is 102 Å². The maximum Gasteiger partial charge on any atom is 0.396 e. The number of nitrogens with zero attached hydrogens (tertiary/aromatic N) is 4. The van der Waals surface area contributed by atoms with E-state index in [0.717, 1.165) is 21.7 Å². The van der Waals surface area contributed by atoms with Crippen molar-refractivity contribution in [1.82, 2.24) is 51.3 Å². The van der Waals surface area contributed by atoms with Gasteiger partial charge in [-0.2, -0.15) is 0 Å². The van der Waals surface area contributed by atoms with E-state index in [2.05, 4.69) is 36.6 Å². The lowest BCUT2D eigenvalue weighted by Crippen LogP contribution is -2.61. The van der Waals surface area contributed by atoms with Crippen LogP contribution in [0.5, 0.6) is 0 Å². The summed E-state index contributed by atoms with van der Waals surface area (Å²) in [6.45, 7) is 9.09. The number of nitrogens with two attached hydrogens (primary N) is 1. The standard InChI is InChI=1S/C57H76N11O14PS/c1-32-48(84-31-61-32)35-14-12-34(13-15-35)28-60-52(75)45-27-39(70)29-67(45)55(78)49(57(3,4)5)65-47(72)11-9-7-6-8-10-23-59-50(73)41(19-21-46(58)71)63-53(76)44-20-17-38-22-24-66(33(2)69)30-43(54(77)68(38)44)64-51(74)42-26-37-25-36(16-18-40(37)62-42)56(79)83(80,81)82/h12-16,18,25-26,31,38-39,41,43-45,49,62,70H,6-11,17,19-24,27-30H2,1-5H3,(H2,58,71)(H,59,73)(H,60,75)(H,63,76)(H,64,74)(H,65,72)(H2,80,81,82)/t38-,39-,41+,43+,44+,45+,49-/m1/s1. The van der Waals surface area contributed by atoms with Gasteiger partial charge in [0.05, 0.1) is 22.2 Å². The van der Waals surface area contributed by atoms with Crippen molar-refractivity contribution in [3.05, 3.63) is 76.6 Å². The molecular weight excluding hydrogens is 1130 g/mol. The fourth-order valence-corrected chi connectivity index (χ4v) is 12.2. The van der Waals surface area contributed by atoms with Gasteiger partial charge in [0.25, 0.3) is 11.4 Å². The number of primary amides is 1. The quantitative estimate of drug-likeness (QED) is 0.0356. The first-order valence-electron chi connectivity index (χ1n) is 28.2. The maximum absolute atomic E-state index is 14.5. The van der Waals surface area contributed by atoms with Gasteiger partial charge >= 0.3 is 7.60 Å². The van der Waals surface area contributed by atoms with Crippen LogP contribution in [0.15, 0.2) is 54.0 Å². The second kappa shape index (κ2) is 28.0. The molecule has 11 N–H and O–H groups in total. The van der Waals surface area contributed by atoms with Crippen LogP contribution in [0, 0.1) is 12.3 Å². The molecule has 9 amide bonds. The summed E-state index contributed by atoms with van der Waals surface area (Å²) in [7, 11) is -5.09. The summed E-state index contributed by atoms with van der Waals surface area (Å²) in [6.07, 6.45) is 2.88. The number of fused-ring (bicyclic) bond motifs is 2. The second-order valence-electron chi connectivity index (χ2n) is 22.9. The first-order chi connectivity index (χ1) is 39.7. The van der Waals surface area contributed by atoms with Crippen molar-refractivity contribution in [3.8, 4) is 10.4 Å². The number of aromatic nitrogens is 2. The molecule has 5 heterocycles. The second-order valence-corrected chi connectivity index (χ2v) is 25.3. The SMILES string of the molecule is CC(=O)N1CC[C@H]2CC[C@@H](C(=O)N[C@@H](CCC(N)=O)C(=O)NCCCCCCCC(=O)N[C@H](C(=O)N3C[C@H](O)C[C@H]3C(=O)NCc3ccc(-c4scnc4C)cc3)C(C)(C)C)N2C(=O)[C@@H](NC(=O)c2cc3cc(C(=O)P(=O)(O)O)ccc3[nH]2)C1. The van der Waals surface area contributed by atoms with Crippen molar-refractivity contribution in [2.24, 2.45) is 11.1 Å². The highest BCUT2D eigenvalue weighted by Crippen LogP contribution is 2.40. The van der Waals surface area contributed by atoms with Crippen molar-refractivity contribution < 1.29 is 67.4 Å². The monoisotopic (exact) mass is 1200 g/mol. The molecule has 3 aliphatic rings. The van der Waals surface area contributed by atoms with Crippen LogP contribution in [0.25, 0.3) is 21.3 Å². The van der Waals surface area contributed by atoms with Crippen molar-refractivity contribution >= 4 is 88.5 Å². The molecule has 25 nitrogen and oxygen atoms in total. The van der Waals surface area contributed by atoms with E-state index in [1.54, 1.807) is 16.8 Å². The summed E-state index contributed by atoms with van der Waals surface area (Å²) < 4.78 is 11.6. The third-order valence-electron chi connectivity index (χ3n) is 15.5. The van der Waals surface area contributed by atoms with E-state index >= 15 is 0 Å². The lowest BCUT2D eigenvalue weighted by molar-refractivity contribution is -0.145. The molecular formula is C57H76N11O14PS. The van der Waals surface area contributed by atoms with Gasteiger partial charge in [0.1, 0.15) is 35.9 Å². The number of carbonyl (C=O) groups is 10. The van der Waals surface area contributed by atoms with E-state index in [0.29, 0.717) is 50.5 Å². The molecule has 0 saturated carbocycles. The predicted molar refractivity (Wildman–Crippen MR) is 309 cm³/mol. The number of aromatic amines is 1. The molecule has 0 aliphatic carbocycles. The Morgan fingerprint density at radius 1 is 0.869 bits per heavy atom. The Balaban J connectivity index is 0.867. The third kappa shape index (κ3) is 16.5. The molecule has 7 rings (SSSR count). The number of aliphatic hydroxyl groups is 1. The summed E-state index contributed by atoms with van der Waals surface area (Å²) in [6, 6.07) is 6.83. The van der Waals surface area contributed by atoms with Crippen LogP contribution < -0.4 is 32.3 Å². The Bertz CT molecular complexity index is 3170. The minimum atomic E-state index is -5.09. The number of hydrogen-bond donors (Lipinski definition) is 10. The van der Waals surface area contributed by atoms with Crippen molar-refractivity contribution in [2.75, 3.05) is 26.2 Å². The average Bonchev–Trinajstić information content (AvgIpc) is 3.86. The first kappa shape index (κ1) is 64.2. The van der Waals surface area contributed by atoms with E-state index in [4.69, 9.17) is 5.73 Å². The highest BCUT2D eigenvalue weighted by Gasteiger charge is 2.47. The minimum absolute atomic E-state index is 0.0518. The van der Waals surface area contributed by atoms with Crippen LogP contribution in [0.3, 0.4) is 0 Å². The average molecular weight is 1200 g/mol. The molecule has 0 spiro atoms. The molecule has 0 radical (unpaired) electrons. The first-order valence-corrected chi connectivity index (χ1v) is 30.7. The summed E-state index contributed by atoms with van der Waals surface area (Å²) in [5, 5.41) is 24.9. The van der Waals surface area contributed by atoms with Crippen LogP contribution in [0.1, 0.15) is 137 Å². The van der Waals surface area contributed by atoms with Gasteiger partial charge in [-0.1, -0.05) is 64.3 Å². The Hall–Kier alpha value is -7.38. The Morgan fingerprint density at radius 3 is 2.25 bits per heavy atom. The normalized spacial score (nSPS) is 19.8. The Morgan fingerprint density at radius 2 is 1.58 bits per heavy atom. The number of aryl methyl sites for hydroxylation is 1. The molecule has 4 aromatic rings. The van der Waals surface area contributed by atoms with E-state index in [1.165, 1.54) is 45.9 Å². The number of nitrogens with one attached hydrogen (secondary N) is 6. The molecule has 0 bridgehead atoms. The molecule has 2 aromatic heterocycles. The van der Waals surface area contributed by atoms with E-state index in [-0.39, 0.29) is 93.3 Å². The molecule has 3 aliphatic heterocycles. The summed E-state index contributed by atoms with van der Waals surface area (Å²) in [4.78, 5) is 165. The van der Waals surface area contributed by atoms with Crippen molar-refractivity contribution in [3.63, 3.8) is 0 Å². The smallest absolute Gasteiger partial charge is 0.391 e. The number of hydrogen-bond acceptors (Lipinski definition) is 14. The van der Waals surface area contributed by atoms with Crippen molar-refractivity contribution in [2.45, 2.75) is 161 Å². The fraction of sp³-hybridized carbons (Fsp3) is 0.526. The molecule has 7 atom stereocenters. The van der Waals surface area contributed by atoms with Gasteiger partial charge in [0.15, 0.2) is 0 Å². The zero-order valence-electron chi connectivity index (χ0n) is 47.8. The molecule has 3 saturated heterocycles.